The lowest BCUT2D eigenvalue weighted by Gasteiger charge is -2.27. The zero-order valence-electron chi connectivity index (χ0n) is 16.2. The molecule has 0 saturated carbocycles. The lowest BCUT2D eigenvalue weighted by Crippen LogP contribution is -2.45. The molecule has 1 aliphatic heterocycles. The van der Waals surface area contributed by atoms with Crippen LogP contribution in [0.2, 0.25) is 0 Å². The minimum atomic E-state index is -0.0548. The molecule has 1 atom stereocenters. The van der Waals surface area contributed by atoms with Gasteiger partial charge in [0.1, 0.15) is 12.7 Å². The van der Waals surface area contributed by atoms with Gasteiger partial charge in [-0.1, -0.05) is 24.3 Å². The molecule has 0 bridgehead atoms. The van der Waals surface area contributed by atoms with Gasteiger partial charge in [-0.25, -0.2) is 4.99 Å². The molecule has 0 aromatic heterocycles. The average molecular weight is 368 g/mol. The van der Waals surface area contributed by atoms with E-state index in [0.29, 0.717) is 19.7 Å². The van der Waals surface area contributed by atoms with Crippen LogP contribution in [0.25, 0.3) is 0 Å². The zero-order chi connectivity index (χ0) is 19.1. The number of hydrogen-bond donors (Lipinski definition) is 2. The highest BCUT2D eigenvalue weighted by atomic mass is 16.6. The van der Waals surface area contributed by atoms with Gasteiger partial charge in [-0.05, 0) is 36.8 Å². The molecule has 0 amide bonds. The van der Waals surface area contributed by atoms with E-state index in [1.807, 2.05) is 38.4 Å². The first kappa shape index (κ1) is 18.9. The fourth-order valence-corrected chi connectivity index (χ4v) is 2.82. The summed E-state index contributed by atoms with van der Waals surface area (Å²) < 4.78 is 11.8. The van der Waals surface area contributed by atoms with Crippen LogP contribution in [0.1, 0.15) is 12.5 Å². The number of para-hydroxylation sites is 2. The maximum Gasteiger partial charge on any atom is 0.191 e. The first-order chi connectivity index (χ1) is 13.2. The second-order valence-electron chi connectivity index (χ2n) is 6.64. The van der Waals surface area contributed by atoms with Crippen molar-refractivity contribution in [2.75, 3.05) is 38.7 Å². The average Bonchev–Trinajstić information content (AvgIpc) is 2.70. The summed E-state index contributed by atoms with van der Waals surface area (Å²) in [5, 5.41) is 6.63. The smallest absolute Gasteiger partial charge is 0.191 e. The Morgan fingerprint density at radius 3 is 2.70 bits per heavy atom. The van der Waals surface area contributed by atoms with Gasteiger partial charge >= 0.3 is 0 Å². The van der Waals surface area contributed by atoms with Crippen molar-refractivity contribution in [1.29, 1.82) is 0 Å². The minimum absolute atomic E-state index is 0.0548. The molecular weight excluding hydrogens is 340 g/mol. The van der Waals surface area contributed by atoms with Gasteiger partial charge in [0, 0.05) is 26.3 Å². The Hall–Kier alpha value is -2.89. The van der Waals surface area contributed by atoms with E-state index >= 15 is 0 Å². The molecule has 1 unspecified atom stereocenters. The molecule has 0 radical (unpaired) electrons. The molecule has 0 saturated heterocycles. The van der Waals surface area contributed by atoms with Crippen LogP contribution in [0.5, 0.6) is 11.5 Å². The number of guanidine groups is 1. The summed E-state index contributed by atoms with van der Waals surface area (Å²) in [5.74, 6) is 2.36. The standard InChI is InChI=1S/C21H28N4O2/c1-4-22-21(23-13-16-8-7-9-17(12-16)25(2)3)24-14-18-15-26-19-10-5-6-11-20(19)27-18/h5-12,18H,4,13-15H2,1-3H3,(H2,22,23,24). The summed E-state index contributed by atoms with van der Waals surface area (Å²) in [6.45, 7) is 4.61. The summed E-state index contributed by atoms with van der Waals surface area (Å²) in [4.78, 5) is 6.78. The van der Waals surface area contributed by atoms with Crippen molar-refractivity contribution in [2.24, 2.45) is 4.99 Å². The molecular formula is C21H28N4O2. The Morgan fingerprint density at radius 2 is 1.93 bits per heavy atom. The van der Waals surface area contributed by atoms with Crippen LogP contribution in [0.4, 0.5) is 5.69 Å². The zero-order valence-corrected chi connectivity index (χ0v) is 16.2. The van der Waals surface area contributed by atoms with E-state index in [1.54, 1.807) is 0 Å². The van der Waals surface area contributed by atoms with Gasteiger partial charge in [-0.3, -0.25) is 0 Å². The van der Waals surface area contributed by atoms with E-state index in [9.17, 15) is 0 Å². The van der Waals surface area contributed by atoms with Gasteiger partial charge in [0.05, 0.1) is 13.1 Å². The van der Waals surface area contributed by atoms with Crippen molar-refractivity contribution in [3.05, 3.63) is 54.1 Å². The fourth-order valence-electron chi connectivity index (χ4n) is 2.82. The quantitative estimate of drug-likeness (QED) is 0.606. The summed E-state index contributed by atoms with van der Waals surface area (Å²) in [7, 11) is 4.08. The highest BCUT2D eigenvalue weighted by molar-refractivity contribution is 5.79. The highest BCUT2D eigenvalue weighted by Gasteiger charge is 2.20. The molecule has 6 heteroatoms. The van der Waals surface area contributed by atoms with Crippen molar-refractivity contribution in [2.45, 2.75) is 19.6 Å². The molecule has 2 aromatic carbocycles. The number of benzene rings is 2. The van der Waals surface area contributed by atoms with Gasteiger partial charge in [0.2, 0.25) is 0 Å². The first-order valence-electron chi connectivity index (χ1n) is 9.32. The molecule has 27 heavy (non-hydrogen) atoms. The first-order valence-corrected chi connectivity index (χ1v) is 9.32. The maximum absolute atomic E-state index is 5.99. The van der Waals surface area contributed by atoms with Crippen LogP contribution in [-0.2, 0) is 6.54 Å². The van der Waals surface area contributed by atoms with Gasteiger partial charge < -0.3 is 25.0 Å². The van der Waals surface area contributed by atoms with Crippen LogP contribution < -0.4 is 25.0 Å². The van der Waals surface area contributed by atoms with Crippen molar-refractivity contribution in [3.63, 3.8) is 0 Å². The van der Waals surface area contributed by atoms with Crippen LogP contribution in [-0.4, -0.2) is 45.9 Å². The molecule has 0 fully saturated rings. The Balaban J connectivity index is 1.57. The Morgan fingerprint density at radius 1 is 1.11 bits per heavy atom. The van der Waals surface area contributed by atoms with Crippen LogP contribution >= 0.6 is 0 Å². The van der Waals surface area contributed by atoms with Crippen LogP contribution in [0.15, 0.2) is 53.5 Å². The van der Waals surface area contributed by atoms with Gasteiger partial charge in [0.25, 0.3) is 0 Å². The van der Waals surface area contributed by atoms with Gasteiger partial charge in [-0.15, -0.1) is 0 Å². The third kappa shape index (κ3) is 5.29. The lowest BCUT2D eigenvalue weighted by atomic mass is 10.2. The van der Waals surface area contributed by atoms with E-state index in [1.165, 1.54) is 11.3 Å². The van der Waals surface area contributed by atoms with E-state index in [-0.39, 0.29) is 6.10 Å². The Labute approximate surface area is 161 Å². The molecule has 2 aromatic rings. The van der Waals surface area contributed by atoms with Gasteiger partial charge in [0.15, 0.2) is 17.5 Å². The topological polar surface area (TPSA) is 58.1 Å². The molecule has 144 valence electrons. The van der Waals surface area contributed by atoms with Crippen molar-refractivity contribution in [1.82, 2.24) is 10.6 Å². The highest BCUT2D eigenvalue weighted by Crippen LogP contribution is 2.30. The molecule has 0 aliphatic carbocycles. The Kier molecular flexibility index (Phi) is 6.41. The Bertz CT molecular complexity index is 776. The molecule has 3 rings (SSSR count). The number of anilines is 1. The molecule has 6 nitrogen and oxygen atoms in total. The summed E-state index contributed by atoms with van der Waals surface area (Å²) in [5.41, 5.74) is 2.34. The largest absolute Gasteiger partial charge is 0.486 e. The predicted molar refractivity (Wildman–Crippen MR) is 110 cm³/mol. The lowest BCUT2D eigenvalue weighted by molar-refractivity contribution is 0.0936. The van der Waals surface area contributed by atoms with Gasteiger partial charge in [-0.2, -0.15) is 0 Å². The number of fused-ring (bicyclic) bond motifs is 1. The maximum atomic E-state index is 5.99. The van der Waals surface area contributed by atoms with E-state index in [2.05, 4.69) is 46.7 Å². The number of ether oxygens (including phenoxy) is 2. The fraction of sp³-hybridized carbons (Fsp3) is 0.381. The second-order valence-corrected chi connectivity index (χ2v) is 6.64. The summed E-state index contributed by atoms with van der Waals surface area (Å²) in [6.07, 6.45) is -0.0548. The van der Waals surface area contributed by atoms with E-state index in [4.69, 9.17) is 14.5 Å². The van der Waals surface area contributed by atoms with Crippen LogP contribution in [0, 0.1) is 0 Å². The minimum Gasteiger partial charge on any atom is -0.486 e. The normalized spacial score (nSPS) is 16.0. The summed E-state index contributed by atoms with van der Waals surface area (Å²) in [6, 6.07) is 16.1. The number of nitrogens with zero attached hydrogens (tertiary/aromatic N) is 2. The van der Waals surface area contributed by atoms with E-state index in [0.717, 1.165) is 24.0 Å². The monoisotopic (exact) mass is 368 g/mol. The van der Waals surface area contributed by atoms with Crippen molar-refractivity contribution < 1.29 is 9.47 Å². The van der Waals surface area contributed by atoms with Crippen molar-refractivity contribution in [3.8, 4) is 11.5 Å². The summed E-state index contributed by atoms with van der Waals surface area (Å²) >= 11 is 0. The second kappa shape index (κ2) is 9.16. The predicted octanol–water partition coefficient (Wildman–Crippen LogP) is 2.65. The van der Waals surface area contributed by atoms with Crippen LogP contribution in [0.3, 0.4) is 0 Å². The number of nitrogens with one attached hydrogen (secondary N) is 2. The SMILES string of the molecule is CCNC(=NCc1cccc(N(C)C)c1)NCC1COc2ccccc2O1. The molecule has 1 heterocycles. The molecule has 2 N–H and O–H groups in total. The third-order valence-corrected chi connectivity index (χ3v) is 4.26. The number of hydrogen-bond acceptors (Lipinski definition) is 4. The number of aliphatic imine (C=N–C) groups is 1. The third-order valence-electron chi connectivity index (χ3n) is 4.26. The molecule has 1 aliphatic rings. The number of rotatable bonds is 6. The van der Waals surface area contributed by atoms with Crippen molar-refractivity contribution >= 4 is 11.6 Å². The molecule has 0 spiro atoms. The van der Waals surface area contributed by atoms with E-state index < -0.39 is 0 Å².